The fourth-order valence-corrected chi connectivity index (χ4v) is 2.42. The van der Waals surface area contributed by atoms with Crippen LogP contribution in [0.25, 0.3) is 0 Å². The van der Waals surface area contributed by atoms with Crippen molar-refractivity contribution in [2.24, 2.45) is 4.99 Å². The smallest absolute Gasteiger partial charge is 0.0947 e. The van der Waals surface area contributed by atoms with Crippen LogP contribution in [0.2, 0.25) is 0 Å². The van der Waals surface area contributed by atoms with Crippen LogP contribution < -0.4 is 0 Å². The molecule has 2 heteroatoms. The van der Waals surface area contributed by atoms with E-state index in [2.05, 4.69) is 31.2 Å². The van der Waals surface area contributed by atoms with Crippen molar-refractivity contribution in [2.75, 3.05) is 7.11 Å². The number of hydrogen-bond donors (Lipinski definition) is 0. The summed E-state index contributed by atoms with van der Waals surface area (Å²) in [6.45, 7) is 2.16. The highest BCUT2D eigenvalue weighted by Crippen LogP contribution is 2.23. The van der Waals surface area contributed by atoms with E-state index in [1.54, 1.807) is 7.11 Å². The molecule has 0 radical (unpaired) electrons. The maximum atomic E-state index is 5.51. The van der Waals surface area contributed by atoms with Crippen LogP contribution in [0, 0.1) is 0 Å². The first kappa shape index (κ1) is 12.3. The monoisotopic (exact) mass is 231 g/mol. The van der Waals surface area contributed by atoms with Crippen molar-refractivity contribution < 1.29 is 4.74 Å². The highest BCUT2D eigenvalue weighted by Gasteiger charge is 2.20. The van der Waals surface area contributed by atoms with Gasteiger partial charge in [-0.2, -0.15) is 0 Å². The molecule has 1 saturated carbocycles. The lowest BCUT2D eigenvalue weighted by atomic mass is 9.95. The Morgan fingerprint density at radius 3 is 2.71 bits per heavy atom. The second kappa shape index (κ2) is 5.97. The van der Waals surface area contributed by atoms with Crippen LogP contribution in [-0.2, 0) is 4.74 Å². The summed E-state index contributed by atoms with van der Waals surface area (Å²) >= 11 is 0. The fraction of sp³-hybridized carbons (Fsp3) is 0.533. The molecule has 0 heterocycles. The Hall–Kier alpha value is -1.15. The largest absolute Gasteiger partial charge is 0.376 e. The zero-order valence-corrected chi connectivity index (χ0v) is 10.7. The molecule has 1 unspecified atom stereocenters. The van der Waals surface area contributed by atoms with Crippen LogP contribution in [0.3, 0.4) is 0 Å². The van der Waals surface area contributed by atoms with Crippen molar-refractivity contribution in [3.63, 3.8) is 0 Å². The molecule has 0 aromatic heterocycles. The SMILES string of the molecule is COC1CCCCC1=N[C@H](C)c1ccccc1. The summed E-state index contributed by atoms with van der Waals surface area (Å²) in [5.74, 6) is 0. The molecular formula is C15H21NO. The highest BCUT2D eigenvalue weighted by molar-refractivity contribution is 5.89. The zero-order valence-electron chi connectivity index (χ0n) is 10.7. The maximum Gasteiger partial charge on any atom is 0.0947 e. The maximum absolute atomic E-state index is 5.51. The summed E-state index contributed by atoms with van der Waals surface area (Å²) < 4.78 is 5.51. The minimum atomic E-state index is 0.238. The van der Waals surface area contributed by atoms with Crippen molar-refractivity contribution in [1.82, 2.24) is 0 Å². The van der Waals surface area contributed by atoms with E-state index in [9.17, 15) is 0 Å². The fourth-order valence-electron chi connectivity index (χ4n) is 2.42. The van der Waals surface area contributed by atoms with Gasteiger partial charge in [-0.25, -0.2) is 0 Å². The molecule has 0 saturated heterocycles. The van der Waals surface area contributed by atoms with E-state index in [0.717, 1.165) is 12.8 Å². The predicted molar refractivity (Wildman–Crippen MR) is 71.6 cm³/mol. The van der Waals surface area contributed by atoms with E-state index in [-0.39, 0.29) is 12.1 Å². The average Bonchev–Trinajstić information content (AvgIpc) is 2.40. The van der Waals surface area contributed by atoms with Gasteiger partial charge in [-0.1, -0.05) is 36.8 Å². The van der Waals surface area contributed by atoms with E-state index in [1.807, 2.05) is 6.07 Å². The third kappa shape index (κ3) is 3.16. The van der Waals surface area contributed by atoms with Gasteiger partial charge in [0.2, 0.25) is 0 Å². The van der Waals surface area contributed by atoms with Gasteiger partial charge in [-0.3, -0.25) is 4.99 Å². The van der Waals surface area contributed by atoms with Crippen molar-refractivity contribution in [2.45, 2.75) is 44.8 Å². The van der Waals surface area contributed by atoms with Crippen molar-refractivity contribution in [3.8, 4) is 0 Å². The van der Waals surface area contributed by atoms with Gasteiger partial charge in [0.1, 0.15) is 0 Å². The quantitative estimate of drug-likeness (QED) is 0.775. The summed E-state index contributed by atoms with van der Waals surface area (Å²) in [4.78, 5) is 4.85. The number of aliphatic imine (C=N–C) groups is 1. The lowest BCUT2D eigenvalue weighted by Crippen LogP contribution is -2.27. The van der Waals surface area contributed by atoms with Crippen LogP contribution in [0.5, 0.6) is 0 Å². The molecule has 0 aliphatic heterocycles. The van der Waals surface area contributed by atoms with Crippen LogP contribution >= 0.6 is 0 Å². The second-order valence-corrected chi connectivity index (χ2v) is 4.68. The molecular weight excluding hydrogens is 210 g/mol. The van der Waals surface area contributed by atoms with E-state index >= 15 is 0 Å². The number of ether oxygens (including phenoxy) is 1. The van der Waals surface area contributed by atoms with Gasteiger partial charge in [-0.15, -0.1) is 0 Å². The Labute approximate surface area is 104 Å². The van der Waals surface area contributed by atoms with Gasteiger partial charge in [0.15, 0.2) is 0 Å². The molecule has 2 nitrogen and oxygen atoms in total. The van der Waals surface area contributed by atoms with Gasteiger partial charge in [0.05, 0.1) is 12.1 Å². The zero-order chi connectivity index (χ0) is 12.1. The Kier molecular flexibility index (Phi) is 4.32. The van der Waals surface area contributed by atoms with Crippen LogP contribution in [0.15, 0.2) is 35.3 Å². The minimum Gasteiger partial charge on any atom is -0.376 e. The Morgan fingerprint density at radius 2 is 2.00 bits per heavy atom. The average molecular weight is 231 g/mol. The van der Waals surface area contributed by atoms with E-state index < -0.39 is 0 Å². The first-order chi connectivity index (χ1) is 8.31. The summed E-state index contributed by atoms with van der Waals surface area (Å²) in [7, 11) is 1.79. The van der Waals surface area contributed by atoms with E-state index in [4.69, 9.17) is 9.73 Å². The van der Waals surface area contributed by atoms with E-state index in [1.165, 1.54) is 24.1 Å². The third-order valence-electron chi connectivity index (χ3n) is 3.45. The molecule has 1 aromatic rings. The number of benzene rings is 1. The second-order valence-electron chi connectivity index (χ2n) is 4.68. The molecule has 17 heavy (non-hydrogen) atoms. The van der Waals surface area contributed by atoms with Gasteiger partial charge in [0.25, 0.3) is 0 Å². The van der Waals surface area contributed by atoms with Crippen LogP contribution in [0.4, 0.5) is 0 Å². The minimum absolute atomic E-state index is 0.238. The molecule has 1 aliphatic carbocycles. The summed E-state index contributed by atoms with van der Waals surface area (Å²) in [5.41, 5.74) is 2.52. The van der Waals surface area contributed by atoms with Crippen molar-refractivity contribution in [3.05, 3.63) is 35.9 Å². The van der Waals surface area contributed by atoms with Gasteiger partial charge < -0.3 is 4.74 Å². The van der Waals surface area contributed by atoms with Crippen molar-refractivity contribution >= 4 is 5.71 Å². The first-order valence-corrected chi connectivity index (χ1v) is 6.45. The lowest BCUT2D eigenvalue weighted by molar-refractivity contribution is 0.137. The number of hydrogen-bond acceptors (Lipinski definition) is 2. The summed E-state index contributed by atoms with van der Waals surface area (Å²) in [6, 6.07) is 10.7. The summed E-state index contributed by atoms with van der Waals surface area (Å²) in [5, 5.41) is 0. The predicted octanol–water partition coefficient (Wildman–Crippen LogP) is 3.78. The molecule has 0 spiro atoms. The molecule has 2 rings (SSSR count). The standard InChI is InChI=1S/C15H21NO/c1-12(13-8-4-3-5-9-13)16-14-10-6-7-11-15(14)17-2/h3-5,8-9,12,15H,6-7,10-11H2,1-2H3/t12-,15?/m1/s1. The topological polar surface area (TPSA) is 21.6 Å². The van der Waals surface area contributed by atoms with Crippen molar-refractivity contribution in [1.29, 1.82) is 0 Å². The lowest BCUT2D eigenvalue weighted by Gasteiger charge is -2.24. The number of rotatable bonds is 3. The summed E-state index contributed by atoms with van der Waals surface area (Å²) in [6.07, 6.45) is 4.97. The highest BCUT2D eigenvalue weighted by atomic mass is 16.5. The molecule has 1 aromatic carbocycles. The molecule has 2 atom stereocenters. The van der Waals surface area contributed by atoms with Crippen LogP contribution in [-0.4, -0.2) is 18.9 Å². The van der Waals surface area contributed by atoms with Crippen LogP contribution in [0.1, 0.15) is 44.2 Å². The van der Waals surface area contributed by atoms with Gasteiger partial charge >= 0.3 is 0 Å². The number of nitrogens with zero attached hydrogens (tertiary/aromatic N) is 1. The first-order valence-electron chi connectivity index (χ1n) is 6.45. The molecule has 0 amide bonds. The Morgan fingerprint density at radius 1 is 1.24 bits per heavy atom. The molecule has 0 N–H and O–H groups in total. The normalized spacial score (nSPS) is 24.8. The third-order valence-corrected chi connectivity index (χ3v) is 3.45. The molecule has 0 bridgehead atoms. The molecule has 1 aliphatic rings. The number of methoxy groups -OCH3 is 1. The van der Waals surface area contributed by atoms with Gasteiger partial charge in [0, 0.05) is 12.8 Å². The molecule has 1 fully saturated rings. The Bertz CT molecular complexity index is 372. The Balaban J connectivity index is 2.12. The molecule has 92 valence electrons. The van der Waals surface area contributed by atoms with Gasteiger partial charge in [-0.05, 0) is 31.7 Å². The van der Waals surface area contributed by atoms with E-state index in [0.29, 0.717) is 0 Å².